The zero-order valence-corrected chi connectivity index (χ0v) is 22.6. The number of likely N-dealkylation sites (tertiary alicyclic amines) is 1. The average molecular weight is 562 g/mol. The van der Waals surface area contributed by atoms with Crippen LogP contribution in [0.15, 0.2) is 36.5 Å². The van der Waals surface area contributed by atoms with E-state index in [0.29, 0.717) is 85.2 Å². The maximum atomic E-state index is 15.9. The standard InChI is InChI=1S/C30H35F4N3O3/c1-40-21-4-5-27-23(15-21)29(19(17-35)18-36-27)24(32)6-7-30(16-28(38)39)8-11-37(12-9-30)10-2-3-22-25(33)13-20(31)14-26(22)34/h4-5,13-15,18,24H,2-3,6-12,16-17,35H2,1H3,(H,38,39)/t24-/m1/s1. The van der Waals surface area contributed by atoms with Gasteiger partial charge in [-0.15, -0.1) is 0 Å². The van der Waals surface area contributed by atoms with Gasteiger partial charge in [0.05, 0.1) is 19.0 Å². The van der Waals surface area contributed by atoms with Crippen LogP contribution in [-0.2, 0) is 17.8 Å². The first-order valence-electron chi connectivity index (χ1n) is 13.5. The molecule has 0 spiro atoms. The number of carboxylic acid groups (broad SMARTS) is 1. The van der Waals surface area contributed by atoms with E-state index in [0.717, 1.165) is 0 Å². The quantitative estimate of drug-likeness (QED) is 0.260. The zero-order valence-electron chi connectivity index (χ0n) is 22.6. The molecule has 0 saturated carbocycles. The lowest BCUT2D eigenvalue weighted by Crippen LogP contribution is -2.41. The number of piperidine rings is 1. The van der Waals surface area contributed by atoms with E-state index < -0.39 is 35.0 Å². The van der Waals surface area contributed by atoms with Crippen LogP contribution in [0.4, 0.5) is 17.6 Å². The van der Waals surface area contributed by atoms with E-state index in [4.69, 9.17) is 10.5 Å². The molecule has 40 heavy (non-hydrogen) atoms. The fourth-order valence-corrected chi connectivity index (χ4v) is 5.85. The molecule has 1 aromatic heterocycles. The van der Waals surface area contributed by atoms with Crippen molar-refractivity contribution in [3.63, 3.8) is 0 Å². The van der Waals surface area contributed by atoms with E-state index in [1.54, 1.807) is 24.4 Å². The van der Waals surface area contributed by atoms with E-state index in [2.05, 4.69) is 9.88 Å². The summed E-state index contributed by atoms with van der Waals surface area (Å²) < 4.78 is 62.3. The molecule has 0 unspecified atom stereocenters. The van der Waals surface area contributed by atoms with Crippen LogP contribution in [0.5, 0.6) is 5.75 Å². The molecule has 4 rings (SSSR count). The molecule has 216 valence electrons. The van der Waals surface area contributed by atoms with Gasteiger partial charge in [0.2, 0.25) is 0 Å². The topological polar surface area (TPSA) is 88.7 Å². The predicted molar refractivity (Wildman–Crippen MR) is 144 cm³/mol. The highest BCUT2D eigenvalue weighted by atomic mass is 19.1. The fourth-order valence-electron chi connectivity index (χ4n) is 5.85. The Morgan fingerprint density at radius 2 is 1.88 bits per heavy atom. The average Bonchev–Trinajstić information content (AvgIpc) is 2.92. The van der Waals surface area contributed by atoms with Crippen LogP contribution in [0.25, 0.3) is 10.9 Å². The van der Waals surface area contributed by atoms with Crippen LogP contribution in [0.3, 0.4) is 0 Å². The first-order chi connectivity index (χ1) is 19.1. The molecule has 0 amide bonds. The summed E-state index contributed by atoms with van der Waals surface area (Å²) in [5, 5.41) is 10.3. The van der Waals surface area contributed by atoms with Crippen LogP contribution in [0.1, 0.15) is 61.4 Å². The zero-order chi connectivity index (χ0) is 28.9. The summed E-state index contributed by atoms with van der Waals surface area (Å²) in [4.78, 5) is 18.3. The van der Waals surface area contributed by atoms with Crippen LogP contribution in [0.2, 0.25) is 0 Å². The molecule has 2 heterocycles. The van der Waals surface area contributed by atoms with Gasteiger partial charge < -0.3 is 20.5 Å². The van der Waals surface area contributed by atoms with Gasteiger partial charge in [0, 0.05) is 41.4 Å². The van der Waals surface area contributed by atoms with Crippen molar-refractivity contribution < 1.29 is 32.2 Å². The van der Waals surface area contributed by atoms with Crippen molar-refractivity contribution in [1.82, 2.24) is 9.88 Å². The summed E-state index contributed by atoms with van der Waals surface area (Å²) in [6.45, 7) is 1.89. The van der Waals surface area contributed by atoms with E-state index in [1.165, 1.54) is 7.11 Å². The molecule has 0 bridgehead atoms. The van der Waals surface area contributed by atoms with Crippen molar-refractivity contribution in [1.29, 1.82) is 0 Å². The minimum absolute atomic E-state index is 0.0613. The number of hydrogen-bond donors (Lipinski definition) is 2. The van der Waals surface area contributed by atoms with Crippen molar-refractivity contribution in [2.45, 2.75) is 57.7 Å². The molecule has 3 N–H and O–H groups in total. The largest absolute Gasteiger partial charge is 0.497 e. The number of fused-ring (bicyclic) bond motifs is 1. The molecular weight excluding hydrogens is 526 g/mol. The van der Waals surface area contributed by atoms with Gasteiger partial charge in [0.15, 0.2) is 0 Å². The van der Waals surface area contributed by atoms with Gasteiger partial charge in [0.1, 0.15) is 29.4 Å². The van der Waals surface area contributed by atoms with Gasteiger partial charge in [-0.3, -0.25) is 9.78 Å². The number of carbonyl (C=O) groups is 1. The summed E-state index contributed by atoms with van der Waals surface area (Å²) in [7, 11) is 1.54. The second-order valence-corrected chi connectivity index (χ2v) is 10.7. The van der Waals surface area contributed by atoms with E-state index in [1.807, 2.05) is 0 Å². The third-order valence-electron chi connectivity index (χ3n) is 8.11. The Hall–Kier alpha value is -3.24. The fraction of sp³-hybridized carbons (Fsp3) is 0.467. The third-order valence-corrected chi connectivity index (χ3v) is 8.11. The first-order valence-corrected chi connectivity index (χ1v) is 13.5. The second kappa shape index (κ2) is 13.0. The molecule has 1 aliphatic rings. The Kier molecular flexibility index (Phi) is 9.63. The summed E-state index contributed by atoms with van der Waals surface area (Å²) in [5.74, 6) is -3.08. The first kappa shape index (κ1) is 29.7. The van der Waals surface area contributed by atoms with Crippen molar-refractivity contribution in [2.24, 2.45) is 11.1 Å². The van der Waals surface area contributed by atoms with E-state index in [-0.39, 0.29) is 31.4 Å². The van der Waals surface area contributed by atoms with Gasteiger partial charge in [-0.05, 0) is 87.3 Å². The van der Waals surface area contributed by atoms with E-state index >= 15 is 4.39 Å². The number of aromatic nitrogens is 1. The number of benzene rings is 2. The van der Waals surface area contributed by atoms with Gasteiger partial charge in [0.25, 0.3) is 0 Å². The van der Waals surface area contributed by atoms with Gasteiger partial charge in [-0.2, -0.15) is 0 Å². The maximum Gasteiger partial charge on any atom is 0.303 e. The van der Waals surface area contributed by atoms with Crippen LogP contribution >= 0.6 is 0 Å². The predicted octanol–water partition coefficient (Wildman–Crippen LogP) is 6.10. The molecule has 3 aromatic rings. The second-order valence-electron chi connectivity index (χ2n) is 10.7. The molecule has 1 aliphatic heterocycles. The van der Waals surface area contributed by atoms with Crippen molar-refractivity contribution >= 4 is 16.9 Å². The Morgan fingerprint density at radius 3 is 2.50 bits per heavy atom. The number of carboxylic acids is 1. The summed E-state index contributed by atoms with van der Waals surface area (Å²) in [6.07, 6.45) is 2.43. The van der Waals surface area contributed by atoms with Crippen molar-refractivity contribution in [3.05, 3.63) is 70.7 Å². The molecule has 1 saturated heterocycles. The Labute approximate surface area is 231 Å². The Morgan fingerprint density at radius 1 is 1.18 bits per heavy atom. The van der Waals surface area contributed by atoms with Gasteiger partial charge in [-0.1, -0.05) is 0 Å². The smallest absolute Gasteiger partial charge is 0.303 e. The highest BCUT2D eigenvalue weighted by Gasteiger charge is 2.37. The Bertz CT molecular complexity index is 1320. The van der Waals surface area contributed by atoms with Gasteiger partial charge >= 0.3 is 5.97 Å². The number of nitrogens with zero attached hydrogens (tertiary/aromatic N) is 2. The van der Waals surface area contributed by atoms with Crippen LogP contribution < -0.4 is 10.5 Å². The number of halogens is 4. The molecular formula is C30H35F4N3O3. The molecule has 1 fully saturated rings. The minimum atomic E-state index is -1.36. The minimum Gasteiger partial charge on any atom is -0.497 e. The number of alkyl halides is 1. The number of hydrogen-bond acceptors (Lipinski definition) is 5. The number of aliphatic carboxylic acids is 1. The molecule has 1 atom stereocenters. The molecule has 10 heteroatoms. The highest BCUT2D eigenvalue weighted by molar-refractivity contribution is 5.85. The third kappa shape index (κ3) is 6.90. The molecule has 0 aliphatic carbocycles. The molecule has 0 radical (unpaired) electrons. The summed E-state index contributed by atoms with van der Waals surface area (Å²) in [6, 6.07) is 6.64. The number of pyridine rings is 1. The SMILES string of the molecule is COc1ccc2ncc(CN)c([C@H](F)CCC3(CC(=O)O)CCN(CCCc4c(F)cc(F)cc4F)CC3)c2c1. The summed E-state index contributed by atoms with van der Waals surface area (Å²) in [5.41, 5.74) is 6.92. The van der Waals surface area contributed by atoms with Crippen molar-refractivity contribution in [2.75, 3.05) is 26.7 Å². The maximum absolute atomic E-state index is 15.9. The normalized spacial score (nSPS) is 16.2. The van der Waals surface area contributed by atoms with Gasteiger partial charge in [-0.25, -0.2) is 17.6 Å². The number of methoxy groups -OCH3 is 1. The number of nitrogens with two attached hydrogens (primary N) is 1. The highest BCUT2D eigenvalue weighted by Crippen LogP contribution is 2.43. The van der Waals surface area contributed by atoms with Crippen LogP contribution in [-0.4, -0.2) is 47.7 Å². The van der Waals surface area contributed by atoms with Crippen LogP contribution in [0, 0.1) is 22.9 Å². The lowest BCUT2D eigenvalue weighted by molar-refractivity contribution is -0.141. The Balaban J connectivity index is 1.41. The number of rotatable bonds is 12. The molecule has 6 nitrogen and oxygen atoms in total. The van der Waals surface area contributed by atoms with E-state index in [9.17, 15) is 23.1 Å². The monoisotopic (exact) mass is 561 g/mol. The number of ether oxygens (including phenoxy) is 1. The lowest BCUT2D eigenvalue weighted by Gasteiger charge is -2.41. The lowest BCUT2D eigenvalue weighted by atomic mass is 9.71. The van der Waals surface area contributed by atoms with Crippen molar-refractivity contribution in [3.8, 4) is 5.75 Å². The molecule has 2 aromatic carbocycles. The summed E-state index contributed by atoms with van der Waals surface area (Å²) >= 11 is 0.